The van der Waals surface area contributed by atoms with Crippen LogP contribution in [0.15, 0.2) is 263 Å². The number of nitrogens with one attached hydrogen (secondary N) is 1. The number of ether oxygens (including phenoxy) is 8. The number of nitrogens with zero attached hydrogens (tertiary/aromatic N) is 8. The van der Waals surface area contributed by atoms with Gasteiger partial charge >= 0.3 is 6.61 Å². The van der Waals surface area contributed by atoms with Gasteiger partial charge in [0.15, 0.2) is 71.7 Å². The number of para-hydroxylation sites is 5. The molecule has 4 atom stereocenters. The lowest BCUT2D eigenvalue weighted by Crippen LogP contribution is -2.30. The molecule has 0 fully saturated rings. The van der Waals surface area contributed by atoms with Crippen LogP contribution in [0.3, 0.4) is 0 Å². The van der Waals surface area contributed by atoms with Gasteiger partial charge in [-0.3, -0.25) is 38.4 Å². The summed E-state index contributed by atoms with van der Waals surface area (Å²) < 4.78 is 222. The second kappa shape index (κ2) is 48.0. The molecule has 0 saturated heterocycles. The maximum absolute atomic E-state index is 15.0. The van der Waals surface area contributed by atoms with E-state index in [4.69, 9.17) is 39.9 Å². The number of nitrogens with two attached hydrogens (primary N) is 2. The van der Waals surface area contributed by atoms with Crippen LogP contribution in [0.1, 0.15) is 121 Å². The van der Waals surface area contributed by atoms with Crippen molar-refractivity contribution < 1.29 is 138 Å². The Morgan fingerprint density at radius 2 is 0.764 bits per heavy atom. The topological polar surface area (TPSA) is 357 Å². The van der Waals surface area contributed by atoms with E-state index >= 15 is 4.39 Å². The maximum atomic E-state index is 15.0. The second-order valence-electron chi connectivity index (χ2n) is 30.1. The molecule has 12 aromatic carbocycles. The van der Waals surface area contributed by atoms with Crippen molar-refractivity contribution >= 4 is 114 Å². The van der Waals surface area contributed by atoms with Gasteiger partial charge in [-0.05, 0) is 165 Å². The van der Waals surface area contributed by atoms with Crippen LogP contribution in [0, 0.1) is 64.0 Å². The third kappa shape index (κ3) is 25.3. The summed E-state index contributed by atoms with van der Waals surface area (Å²) in [4.78, 5) is 99.6. The predicted molar refractivity (Wildman–Crippen MR) is 507 cm³/mol. The average molecular weight is 2070 g/mol. The lowest BCUT2D eigenvalue weighted by molar-refractivity contribution is -0.123. The Hall–Kier alpha value is -16.0. The minimum atomic E-state index is -3.05. The number of Topliss-reactive ketones (excluding diaryl/α,β-unsaturated/α-hetero) is 1. The monoisotopic (exact) mass is 2070 g/mol. The van der Waals surface area contributed by atoms with Crippen LogP contribution in [-0.2, 0) is 19.2 Å². The quantitative estimate of drug-likeness (QED) is 0.0240. The first-order chi connectivity index (χ1) is 69.0. The molecule has 4 aliphatic rings. The number of phenolic OH excluding ortho intramolecular Hbond substituents is 1. The SMILES string of the molecule is COc1c(OCC(=O)NCCC(C)=O)cccc1C1SC(c2ccc(F)cc2)=NN1C(=O)c1c(F)cc(F)cc1F.COc1cccc(C2SC(c3ccc(F)cc3)=NN2C(=O)c2cc(F)c(F)c(OC)c2F)c1OCC(N)=O.COc1cccc(C2SC(c3ccc(F)cc3)=NN2C(=O)c2cccc(F)c2)c1OCC(N)=O.O=C(c1ccccc1O)N1N=C(c2ccc(F)cc2)SC1c1ccccc1OC(F)F. The van der Waals surface area contributed by atoms with E-state index in [1.807, 2.05) is 0 Å². The minimum absolute atomic E-state index is 0.00413. The van der Waals surface area contributed by atoms with Gasteiger partial charge in [0.05, 0.1) is 39.6 Å². The molecule has 0 aliphatic carbocycles. The molecule has 0 radical (unpaired) electrons. The standard InChI is InChI=1S/C28H23F4N3O5S.C25H19F4N3O5S.C24H19F2N3O4S.C22H15F3N2O3S/c1-15(36)10-11-33-23(37)14-40-22-5-3-4-19(25(22)39-2)28-35(27(38)24-20(31)12-18(30)13-21(24)32)34-26(41-28)16-6-8-17(29)9-7-16;1-35-17-5-3-4-14(21(17)37-11-18(30)33)25-32(31-23(38-25)12-6-8-13(26)9-7-12)24(34)15-10-16(27)20(29)22(36-2)19(15)28;1-32-19-7-3-6-18(21(19)33-13-20(27)30)24-29(23(31)15-4-2-5-17(26)12-15)28-22(34-24)14-8-10-16(25)11-9-14;23-14-11-9-13(10-12-14)19-26-27(20(29)15-5-1-3-7-17(15)28)21(31-19)16-6-2-4-8-18(16)30-22(24)25/h3-9,12-13,28H,10-11,14H2,1-2H3,(H,33,37);3-10,25H,11H2,1-2H3,(H2,30,33);2-12,24H,13H2,1H3,(H2,27,30);1-12,21-22,28H. The lowest BCUT2D eigenvalue weighted by Gasteiger charge is -2.24. The van der Waals surface area contributed by atoms with Crippen LogP contribution < -0.4 is 54.7 Å². The number of amides is 7. The molecule has 6 N–H and O–H groups in total. The first kappa shape index (κ1) is 105. The number of primary amides is 2. The first-order valence-corrected chi connectivity index (χ1v) is 45.6. The normalized spacial score (nSPS) is 15.0. The number of carbonyl (C=O) groups excluding carboxylic acids is 8. The summed E-state index contributed by atoms with van der Waals surface area (Å²) in [6.07, 6.45) is 0.166. The lowest BCUT2D eigenvalue weighted by atomic mass is 10.1. The maximum Gasteiger partial charge on any atom is 0.387 e. The Kier molecular flexibility index (Phi) is 35.1. The highest BCUT2D eigenvalue weighted by atomic mass is 32.2. The van der Waals surface area contributed by atoms with Crippen molar-refractivity contribution in [2.75, 3.05) is 54.8 Å². The number of ketones is 1. The molecule has 4 heterocycles. The third-order valence-corrected chi connectivity index (χ3v) is 25.4. The van der Waals surface area contributed by atoms with E-state index in [2.05, 4.69) is 35.2 Å². The Morgan fingerprint density at radius 3 is 1.19 bits per heavy atom. The van der Waals surface area contributed by atoms with Crippen molar-refractivity contribution in [2.45, 2.75) is 41.5 Å². The average Bonchev–Trinajstić information content (AvgIpc) is 1.62. The number of benzene rings is 12. The van der Waals surface area contributed by atoms with Crippen molar-refractivity contribution in [2.24, 2.45) is 31.9 Å². The Labute approximate surface area is 826 Å². The molecule has 144 heavy (non-hydrogen) atoms. The molecule has 744 valence electrons. The smallest absolute Gasteiger partial charge is 0.387 e. The van der Waals surface area contributed by atoms with Crippen LogP contribution >= 0.6 is 47.0 Å². The molecule has 28 nitrogen and oxygen atoms in total. The van der Waals surface area contributed by atoms with Gasteiger partial charge in [-0.15, -0.1) is 0 Å². The largest absolute Gasteiger partial charge is 0.507 e. The Balaban J connectivity index is 0.000000162. The molecule has 0 aromatic heterocycles. The van der Waals surface area contributed by atoms with Crippen LogP contribution in [-0.4, -0.2) is 154 Å². The molecule has 45 heteroatoms. The number of rotatable bonds is 30. The van der Waals surface area contributed by atoms with Gasteiger partial charge in [0.25, 0.3) is 41.4 Å². The zero-order chi connectivity index (χ0) is 103. The molecule has 0 bridgehead atoms. The Morgan fingerprint density at radius 1 is 0.375 bits per heavy atom. The molecule has 7 amide bonds. The van der Waals surface area contributed by atoms with Gasteiger partial charge in [0, 0.05) is 75.2 Å². The molecular weight excluding hydrogens is 1990 g/mol. The molecule has 16 rings (SSSR count). The summed E-state index contributed by atoms with van der Waals surface area (Å²) in [5.41, 5.74) is 12.0. The number of hydrazone groups is 4. The van der Waals surface area contributed by atoms with Crippen molar-refractivity contribution in [3.63, 3.8) is 0 Å². The van der Waals surface area contributed by atoms with Crippen molar-refractivity contribution in [1.29, 1.82) is 0 Å². The fourth-order valence-corrected chi connectivity index (χ4v) is 18.6. The summed E-state index contributed by atoms with van der Waals surface area (Å²) >= 11 is 4.36. The Bertz CT molecular complexity index is 6970. The van der Waals surface area contributed by atoms with Crippen molar-refractivity contribution in [1.82, 2.24) is 25.4 Å². The highest BCUT2D eigenvalue weighted by Crippen LogP contribution is 2.53. The minimum Gasteiger partial charge on any atom is -0.507 e. The van der Waals surface area contributed by atoms with E-state index in [0.717, 1.165) is 63.5 Å². The van der Waals surface area contributed by atoms with E-state index in [0.29, 0.717) is 73.0 Å². The van der Waals surface area contributed by atoms with Crippen molar-refractivity contribution in [3.05, 3.63) is 373 Å². The number of aromatic hydroxyl groups is 1. The van der Waals surface area contributed by atoms with Gasteiger partial charge in [0.2, 0.25) is 5.82 Å². The summed E-state index contributed by atoms with van der Waals surface area (Å²) in [6, 6.07) is 54.5. The molecule has 12 aromatic rings. The number of alkyl halides is 2. The van der Waals surface area contributed by atoms with Crippen LogP contribution in [0.25, 0.3) is 0 Å². The van der Waals surface area contributed by atoms with E-state index in [-0.39, 0.29) is 85.8 Å². The fourth-order valence-electron chi connectivity index (χ4n) is 13.9. The number of halogens is 13. The zero-order valence-electron chi connectivity index (χ0n) is 75.3. The van der Waals surface area contributed by atoms with Gasteiger partial charge in [-0.2, -0.15) is 33.6 Å². The number of phenols is 1. The predicted octanol–water partition coefficient (Wildman–Crippen LogP) is 18.8. The molecule has 4 aliphatic heterocycles. The summed E-state index contributed by atoms with van der Waals surface area (Å²) in [6.45, 7) is -2.86. The van der Waals surface area contributed by atoms with E-state index < -0.39 is 170 Å². The highest BCUT2D eigenvalue weighted by Gasteiger charge is 2.44. The summed E-state index contributed by atoms with van der Waals surface area (Å²) in [5, 5.41) is 31.6. The van der Waals surface area contributed by atoms with E-state index in [9.17, 15) is 96.1 Å². The van der Waals surface area contributed by atoms with Crippen LogP contribution in [0.2, 0.25) is 0 Å². The van der Waals surface area contributed by atoms with E-state index in [1.165, 1.54) is 185 Å². The van der Waals surface area contributed by atoms with Crippen LogP contribution in [0.5, 0.6) is 51.7 Å². The van der Waals surface area contributed by atoms with Crippen molar-refractivity contribution in [3.8, 4) is 51.7 Å². The summed E-state index contributed by atoms with van der Waals surface area (Å²) in [7, 11) is 5.04. The third-order valence-electron chi connectivity index (χ3n) is 20.5. The number of carbonyl (C=O) groups is 8. The van der Waals surface area contributed by atoms with Gasteiger partial charge in [-0.25, -0.2) is 63.9 Å². The molecular formula is C99H76F13N11O17S4. The fraction of sp³-hybridized carbons (Fsp3) is 0.152. The highest BCUT2D eigenvalue weighted by molar-refractivity contribution is 8.15. The zero-order valence-corrected chi connectivity index (χ0v) is 78.5. The summed E-state index contributed by atoms with van der Waals surface area (Å²) in [5.74, 6) is -17.0. The number of hydrogen-bond donors (Lipinski definition) is 4. The van der Waals surface area contributed by atoms with Gasteiger partial charge in [-0.1, -0.05) is 120 Å². The van der Waals surface area contributed by atoms with Crippen LogP contribution in [0.4, 0.5) is 57.1 Å². The number of hydrogen-bond acceptors (Lipinski definition) is 25. The second-order valence-corrected chi connectivity index (χ2v) is 34.4. The van der Waals surface area contributed by atoms with Gasteiger partial charge in [0.1, 0.15) is 111 Å². The van der Waals surface area contributed by atoms with E-state index in [1.54, 1.807) is 78.9 Å². The van der Waals surface area contributed by atoms with Gasteiger partial charge < -0.3 is 59.8 Å². The number of methoxy groups -OCH3 is 4. The molecule has 0 saturated carbocycles. The molecule has 4 unspecified atom stereocenters. The molecule has 0 spiro atoms. The first-order valence-electron chi connectivity index (χ1n) is 42.1. The number of thioether (sulfide) groups is 4.